The van der Waals surface area contributed by atoms with Crippen LogP contribution in [0.2, 0.25) is 0 Å². The standard InChI is InChI=1S/C20H20O5/c1-13-4-6-16(10-14(13)2)25-19(21)7-5-15-11-17(22-3)20-18(12-15)23-8-9-24-20/h4-7,10-12H,8-9H2,1-3H3/b7-5+. The number of rotatable bonds is 4. The molecule has 0 radical (unpaired) electrons. The van der Waals surface area contributed by atoms with E-state index in [0.717, 1.165) is 16.7 Å². The first-order chi connectivity index (χ1) is 12.1. The molecule has 0 saturated carbocycles. The van der Waals surface area contributed by atoms with Crippen LogP contribution in [-0.4, -0.2) is 26.3 Å². The van der Waals surface area contributed by atoms with Crippen LogP contribution in [0, 0.1) is 13.8 Å². The summed E-state index contributed by atoms with van der Waals surface area (Å²) in [7, 11) is 1.56. The highest BCUT2D eigenvalue weighted by molar-refractivity contribution is 5.89. The van der Waals surface area contributed by atoms with E-state index in [4.69, 9.17) is 18.9 Å². The topological polar surface area (TPSA) is 54.0 Å². The zero-order chi connectivity index (χ0) is 17.8. The highest BCUT2D eigenvalue weighted by Crippen LogP contribution is 2.40. The van der Waals surface area contributed by atoms with Gasteiger partial charge in [-0.2, -0.15) is 0 Å². The molecule has 2 aromatic carbocycles. The van der Waals surface area contributed by atoms with Gasteiger partial charge in [-0.05, 0) is 60.9 Å². The highest BCUT2D eigenvalue weighted by Gasteiger charge is 2.17. The van der Waals surface area contributed by atoms with Crippen LogP contribution >= 0.6 is 0 Å². The number of carbonyl (C=O) groups is 1. The van der Waals surface area contributed by atoms with E-state index < -0.39 is 5.97 Å². The van der Waals surface area contributed by atoms with Gasteiger partial charge in [0, 0.05) is 6.08 Å². The molecule has 5 nitrogen and oxygen atoms in total. The summed E-state index contributed by atoms with van der Waals surface area (Å²) in [5.41, 5.74) is 2.99. The highest BCUT2D eigenvalue weighted by atomic mass is 16.6. The van der Waals surface area contributed by atoms with Crippen molar-refractivity contribution in [1.82, 2.24) is 0 Å². The lowest BCUT2D eigenvalue weighted by Crippen LogP contribution is -2.16. The second-order valence-corrected chi connectivity index (χ2v) is 5.75. The van der Waals surface area contributed by atoms with Gasteiger partial charge in [0.1, 0.15) is 19.0 Å². The summed E-state index contributed by atoms with van der Waals surface area (Å²) in [5.74, 6) is 1.84. The molecule has 0 atom stereocenters. The second-order valence-electron chi connectivity index (χ2n) is 5.75. The first-order valence-electron chi connectivity index (χ1n) is 8.01. The largest absolute Gasteiger partial charge is 0.493 e. The molecule has 1 heterocycles. The van der Waals surface area contributed by atoms with E-state index in [-0.39, 0.29) is 0 Å². The molecule has 0 saturated heterocycles. The van der Waals surface area contributed by atoms with Gasteiger partial charge in [-0.15, -0.1) is 0 Å². The average molecular weight is 340 g/mol. The predicted octanol–water partition coefficient (Wildman–Crippen LogP) is 3.70. The fraction of sp³-hybridized carbons (Fsp3) is 0.250. The molecule has 0 aromatic heterocycles. The van der Waals surface area contributed by atoms with Crippen LogP contribution in [0.3, 0.4) is 0 Å². The molecule has 0 bridgehead atoms. The lowest BCUT2D eigenvalue weighted by molar-refractivity contribution is -0.128. The Morgan fingerprint density at radius 1 is 1.08 bits per heavy atom. The maximum absolute atomic E-state index is 12.0. The lowest BCUT2D eigenvalue weighted by Gasteiger charge is -2.20. The van der Waals surface area contributed by atoms with Crippen LogP contribution < -0.4 is 18.9 Å². The number of carbonyl (C=O) groups excluding carboxylic acids is 1. The fourth-order valence-corrected chi connectivity index (χ4v) is 2.48. The predicted molar refractivity (Wildman–Crippen MR) is 94.6 cm³/mol. The molecule has 1 aliphatic rings. The zero-order valence-electron chi connectivity index (χ0n) is 14.5. The summed E-state index contributed by atoms with van der Waals surface area (Å²) >= 11 is 0. The molecule has 2 aromatic rings. The molecular weight excluding hydrogens is 320 g/mol. The quantitative estimate of drug-likeness (QED) is 0.482. The van der Waals surface area contributed by atoms with Crippen molar-refractivity contribution in [3.8, 4) is 23.0 Å². The second kappa shape index (κ2) is 7.30. The average Bonchev–Trinajstić information content (AvgIpc) is 2.62. The monoisotopic (exact) mass is 340 g/mol. The molecule has 1 aliphatic heterocycles. The van der Waals surface area contributed by atoms with E-state index >= 15 is 0 Å². The zero-order valence-corrected chi connectivity index (χ0v) is 14.5. The summed E-state index contributed by atoms with van der Waals surface area (Å²) in [6.45, 7) is 4.96. The Morgan fingerprint density at radius 2 is 1.88 bits per heavy atom. The molecule has 0 N–H and O–H groups in total. The fourth-order valence-electron chi connectivity index (χ4n) is 2.48. The van der Waals surface area contributed by atoms with Crippen molar-refractivity contribution in [3.63, 3.8) is 0 Å². The Morgan fingerprint density at radius 3 is 2.64 bits per heavy atom. The van der Waals surface area contributed by atoms with E-state index in [1.54, 1.807) is 31.4 Å². The Kier molecular flexibility index (Phi) is 4.93. The normalized spacial score (nSPS) is 12.9. The number of benzene rings is 2. The summed E-state index contributed by atoms with van der Waals surface area (Å²) < 4.78 is 21.8. The van der Waals surface area contributed by atoms with Crippen LogP contribution in [0.25, 0.3) is 6.08 Å². The van der Waals surface area contributed by atoms with Crippen LogP contribution in [0.4, 0.5) is 0 Å². The summed E-state index contributed by atoms with van der Waals surface area (Å²) in [6, 6.07) is 9.13. The van der Waals surface area contributed by atoms with Crippen LogP contribution in [0.1, 0.15) is 16.7 Å². The van der Waals surface area contributed by atoms with Crippen LogP contribution in [0.15, 0.2) is 36.4 Å². The van der Waals surface area contributed by atoms with Gasteiger partial charge in [-0.25, -0.2) is 4.79 Å². The smallest absolute Gasteiger partial charge is 0.336 e. The molecule has 0 unspecified atom stereocenters. The van der Waals surface area contributed by atoms with Crippen LogP contribution in [0.5, 0.6) is 23.0 Å². The Hall–Kier alpha value is -2.95. The van der Waals surface area contributed by atoms with Gasteiger partial charge in [0.2, 0.25) is 5.75 Å². The SMILES string of the molecule is COc1cc(/C=C/C(=O)Oc2ccc(C)c(C)c2)cc2c1OCCO2. The van der Waals surface area contributed by atoms with E-state index in [1.165, 1.54) is 6.08 Å². The van der Waals surface area contributed by atoms with Crippen molar-refractivity contribution in [2.75, 3.05) is 20.3 Å². The molecule has 5 heteroatoms. The summed E-state index contributed by atoms with van der Waals surface area (Å²) in [4.78, 5) is 12.0. The molecule has 0 amide bonds. The number of esters is 1. The van der Waals surface area contributed by atoms with Crippen molar-refractivity contribution >= 4 is 12.0 Å². The molecule has 130 valence electrons. The third-order valence-corrected chi connectivity index (χ3v) is 3.96. The van der Waals surface area contributed by atoms with Crippen molar-refractivity contribution in [3.05, 3.63) is 53.1 Å². The van der Waals surface area contributed by atoms with E-state index in [2.05, 4.69) is 0 Å². The minimum absolute atomic E-state index is 0.447. The number of fused-ring (bicyclic) bond motifs is 1. The Labute approximate surface area is 146 Å². The molecule has 25 heavy (non-hydrogen) atoms. The number of aryl methyl sites for hydroxylation is 2. The van der Waals surface area contributed by atoms with Crippen molar-refractivity contribution < 1.29 is 23.7 Å². The first kappa shape index (κ1) is 16.9. The third-order valence-electron chi connectivity index (χ3n) is 3.96. The summed E-state index contributed by atoms with van der Waals surface area (Å²) in [5, 5.41) is 0. The lowest BCUT2D eigenvalue weighted by atomic mass is 10.1. The minimum atomic E-state index is -0.447. The molecular formula is C20H20O5. The van der Waals surface area contributed by atoms with Gasteiger partial charge in [-0.1, -0.05) is 6.07 Å². The van der Waals surface area contributed by atoms with E-state index in [0.29, 0.717) is 36.2 Å². The van der Waals surface area contributed by atoms with Crippen LogP contribution in [-0.2, 0) is 4.79 Å². The van der Waals surface area contributed by atoms with Crippen molar-refractivity contribution in [2.45, 2.75) is 13.8 Å². The van der Waals surface area contributed by atoms with Crippen molar-refractivity contribution in [1.29, 1.82) is 0 Å². The number of methoxy groups -OCH3 is 1. The van der Waals surface area contributed by atoms with Gasteiger partial charge in [-0.3, -0.25) is 0 Å². The third kappa shape index (κ3) is 3.94. The van der Waals surface area contributed by atoms with Gasteiger partial charge in [0.15, 0.2) is 11.5 Å². The Balaban J connectivity index is 1.74. The van der Waals surface area contributed by atoms with E-state index in [1.807, 2.05) is 26.0 Å². The first-order valence-corrected chi connectivity index (χ1v) is 8.01. The molecule has 3 rings (SSSR count). The van der Waals surface area contributed by atoms with Gasteiger partial charge in [0.25, 0.3) is 0 Å². The number of hydrogen-bond acceptors (Lipinski definition) is 5. The maximum atomic E-state index is 12.0. The maximum Gasteiger partial charge on any atom is 0.336 e. The molecule has 0 spiro atoms. The summed E-state index contributed by atoms with van der Waals surface area (Å²) in [6.07, 6.45) is 3.03. The Bertz CT molecular complexity index is 806. The van der Waals surface area contributed by atoms with Crippen molar-refractivity contribution in [2.24, 2.45) is 0 Å². The molecule has 0 fully saturated rings. The number of hydrogen-bond donors (Lipinski definition) is 0. The van der Waals surface area contributed by atoms with Gasteiger partial charge < -0.3 is 18.9 Å². The van der Waals surface area contributed by atoms with Gasteiger partial charge in [0.05, 0.1) is 7.11 Å². The minimum Gasteiger partial charge on any atom is -0.493 e. The van der Waals surface area contributed by atoms with E-state index in [9.17, 15) is 4.79 Å². The number of ether oxygens (including phenoxy) is 4. The molecule has 0 aliphatic carbocycles. The van der Waals surface area contributed by atoms with Gasteiger partial charge >= 0.3 is 5.97 Å².